The molecule has 0 aromatic heterocycles. The number of ether oxygens (including phenoxy) is 2. The second-order valence-electron chi connectivity index (χ2n) is 6.47. The Kier molecular flexibility index (Phi) is 5.00. The van der Waals surface area contributed by atoms with Crippen LogP contribution in [0.2, 0.25) is 0 Å². The lowest BCUT2D eigenvalue weighted by Crippen LogP contribution is -2.53. The van der Waals surface area contributed by atoms with Crippen molar-refractivity contribution in [2.24, 2.45) is 5.92 Å². The molecule has 2 bridgehead atoms. The lowest BCUT2D eigenvalue weighted by molar-refractivity contribution is -0.165. The highest BCUT2D eigenvalue weighted by Gasteiger charge is 2.50. The molecule has 2 heterocycles. The predicted octanol–water partition coefficient (Wildman–Crippen LogP) is 2.27. The first kappa shape index (κ1) is 16.7. The number of hydrogen-bond acceptors (Lipinski definition) is 5. The average Bonchev–Trinajstić information content (AvgIpc) is 2.83. The molecule has 2 aliphatic heterocycles. The Hall–Kier alpha value is -2.14. The molecule has 3 unspecified atom stereocenters. The summed E-state index contributed by atoms with van der Waals surface area (Å²) in [5.41, 5.74) is 0.933. The molecule has 4 atom stereocenters. The van der Waals surface area contributed by atoms with E-state index in [9.17, 15) is 9.59 Å². The largest absolute Gasteiger partial charge is 0.469 e. The number of piperidine rings is 1. The van der Waals surface area contributed by atoms with Gasteiger partial charge in [-0.15, -0.1) is 0 Å². The maximum Gasteiger partial charge on any atom is 0.331 e. The van der Waals surface area contributed by atoms with Crippen LogP contribution in [-0.2, 0) is 19.1 Å². The van der Waals surface area contributed by atoms with Crippen molar-refractivity contribution < 1.29 is 19.1 Å². The van der Waals surface area contributed by atoms with Crippen LogP contribution < -0.4 is 0 Å². The van der Waals surface area contributed by atoms with E-state index in [1.807, 2.05) is 37.4 Å². The highest BCUT2D eigenvalue weighted by molar-refractivity contribution is 5.87. The van der Waals surface area contributed by atoms with Gasteiger partial charge < -0.3 is 9.47 Å². The van der Waals surface area contributed by atoms with Crippen LogP contribution in [0, 0.1) is 5.92 Å². The first-order valence-corrected chi connectivity index (χ1v) is 8.33. The van der Waals surface area contributed by atoms with Crippen LogP contribution in [0.3, 0.4) is 0 Å². The van der Waals surface area contributed by atoms with E-state index in [0.717, 1.165) is 18.4 Å². The molecular formula is C19H23NO4. The second kappa shape index (κ2) is 7.18. The normalized spacial score (nSPS) is 29.6. The van der Waals surface area contributed by atoms with Crippen LogP contribution in [0.5, 0.6) is 0 Å². The zero-order valence-electron chi connectivity index (χ0n) is 14.1. The smallest absolute Gasteiger partial charge is 0.331 e. The molecule has 0 saturated carbocycles. The third-order valence-electron chi connectivity index (χ3n) is 5.17. The second-order valence-corrected chi connectivity index (χ2v) is 6.47. The van der Waals surface area contributed by atoms with E-state index in [2.05, 4.69) is 4.90 Å². The van der Waals surface area contributed by atoms with Crippen molar-refractivity contribution in [1.29, 1.82) is 0 Å². The van der Waals surface area contributed by atoms with Crippen molar-refractivity contribution >= 4 is 18.0 Å². The minimum Gasteiger partial charge on any atom is -0.469 e. The van der Waals surface area contributed by atoms with Crippen molar-refractivity contribution in [2.75, 3.05) is 14.2 Å². The molecule has 128 valence electrons. The molecule has 2 fully saturated rings. The van der Waals surface area contributed by atoms with Crippen LogP contribution in [0.4, 0.5) is 0 Å². The number of fused-ring (bicyclic) bond motifs is 2. The van der Waals surface area contributed by atoms with Crippen LogP contribution >= 0.6 is 0 Å². The molecule has 0 spiro atoms. The minimum atomic E-state index is -0.418. The summed E-state index contributed by atoms with van der Waals surface area (Å²) in [5, 5.41) is 0. The molecule has 3 rings (SSSR count). The summed E-state index contributed by atoms with van der Waals surface area (Å²) in [5.74, 6) is -1.12. The highest BCUT2D eigenvalue weighted by Crippen LogP contribution is 2.40. The number of esters is 2. The van der Waals surface area contributed by atoms with Gasteiger partial charge in [-0.1, -0.05) is 30.3 Å². The number of rotatable bonds is 4. The number of nitrogens with zero attached hydrogens (tertiary/aromatic N) is 1. The van der Waals surface area contributed by atoms with E-state index >= 15 is 0 Å². The first-order valence-electron chi connectivity index (χ1n) is 8.33. The summed E-state index contributed by atoms with van der Waals surface area (Å²) < 4.78 is 10.6. The zero-order chi connectivity index (χ0) is 17.1. The average molecular weight is 329 g/mol. The molecule has 0 amide bonds. The lowest BCUT2D eigenvalue weighted by Gasteiger charge is -2.40. The summed E-state index contributed by atoms with van der Waals surface area (Å²) in [6, 6.07) is 10.0. The monoisotopic (exact) mass is 329 g/mol. The van der Waals surface area contributed by atoms with Gasteiger partial charge in [0.25, 0.3) is 0 Å². The number of carbonyl (C=O) groups excluding carboxylic acids is 2. The van der Waals surface area contributed by atoms with Crippen molar-refractivity contribution in [3.05, 3.63) is 42.0 Å². The molecule has 5 heteroatoms. The van der Waals surface area contributed by atoms with E-state index in [1.165, 1.54) is 13.2 Å². The van der Waals surface area contributed by atoms with Gasteiger partial charge in [-0.25, -0.2) is 4.79 Å². The molecule has 1 aromatic carbocycles. The SMILES string of the molecule is COC(=O)[C@H]1C(OC(=O)/C=C/c2ccccc2)CC2CCC1N2C. The van der Waals surface area contributed by atoms with Gasteiger partial charge in [0.2, 0.25) is 0 Å². The quantitative estimate of drug-likeness (QED) is 0.626. The van der Waals surface area contributed by atoms with E-state index in [-0.39, 0.29) is 12.0 Å². The fraction of sp³-hybridized carbons (Fsp3) is 0.474. The van der Waals surface area contributed by atoms with Gasteiger partial charge in [-0.05, 0) is 31.5 Å². The van der Waals surface area contributed by atoms with Gasteiger partial charge >= 0.3 is 11.9 Å². The number of carbonyl (C=O) groups is 2. The molecule has 0 radical (unpaired) electrons. The van der Waals surface area contributed by atoms with Gasteiger partial charge in [0.1, 0.15) is 12.0 Å². The Morgan fingerprint density at radius 2 is 1.96 bits per heavy atom. The molecular weight excluding hydrogens is 306 g/mol. The topological polar surface area (TPSA) is 55.8 Å². The summed E-state index contributed by atoms with van der Waals surface area (Å²) in [7, 11) is 3.42. The highest BCUT2D eigenvalue weighted by atomic mass is 16.6. The predicted molar refractivity (Wildman–Crippen MR) is 90.1 cm³/mol. The summed E-state index contributed by atoms with van der Waals surface area (Å²) >= 11 is 0. The van der Waals surface area contributed by atoms with Crippen molar-refractivity contribution in [3.63, 3.8) is 0 Å². The number of benzene rings is 1. The summed E-state index contributed by atoms with van der Waals surface area (Å²) in [4.78, 5) is 26.6. The standard InChI is InChI=1S/C19H23NO4/c1-20-14-9-10-15(20)18(19(22)23-2)16(12-14)24-17(21)11-8-13-6-4-3-5-7-13/h3-8,11,14-16,18H,9-10,12H2,1-2H3/b11-8+/t14?,15?,16?,18-/m1/s1. The van der Waals surface area contributed by atoms with Gasteiger partial charge in [0, 0.05) is 24.6 Å². The number of methoxy groups -OCH3 is 1. The van der Waals surface area contributed by atoms with E-state index in [4.69, 9.17) is 9.47 Å². The molecule has 0 aliphatic carbocycles. The summed E-state index contributed by atoms with van der Waals surface area (Å²) in [6.07, 6.45) is 5.37. The first-order chi connectivity index (χ1) is 11.6. The van der Waals surface area contributed by atoms with Gasteiger partial charge in [0.15, 0.2) is 0 Å². The third kappa shape index (κ3) is 3.36. The van der Waals surface area contributed by atoms with E-state index in [0.29, 0.717) is 12.5 Å². The van der Waals surface area contributed by atoms with Gasteiger partial charge in [0.05, 0.1) is 7.11 Å². The Morgan fingerprint density at radius 1 is 1.21 bits per heavy atom. The van der Waals surface area contributed by atoms with Gasteiger partial charge in [-0.2, -0.15) is 0 Å². The van der Waals surface area contributed by atoms with Crippen molar-refractivity contribution in [3.8, 4) is 0 Å². The van der Waals surface area contributed by atoms with E-state index in [1.54, 1.807) is 6.08 Å². The van der Waals surface area contributed by atoms with Crippen LogP contribution in [-0.4, -0.2) is 49.2 Å². The Bertz CT molecular complexity index is 628. The third-order valence-corrected chi connectivity index (χ3v) is 5.17. The molecule has 0 N–H and O–H groups in total. The Morgan fingerprint density at radius 3 is 2.67 bits per heavy atom. The molecule has 1 aromatic rings. The zero-order valence-corrected chi connectivity index (χ0v) is 14.1. The van der Waals surface area contributed by atoms with Crippen molar-refractivity contribution in [1.82, 2.24) is 4.90 Å². The summed E-state index contributed by atoms with van der Waals surface area (Å²) in [6.45, 7) is 0. The van der Waals surface area contributed by atoms with Crippen LogP contribution in [0.25, 0.3) is 6.08 Å². The Labute approximate surface area is 142 Å². The molecule has 2 saturated heterocycles. The maximum absolute atomic E-state index is 12.2. The number of hydrogen-bond donors (Lipinski definition) is 0. The molecule has 2 aliphatic rings. The Balaban J connectivity index is 1.69. The molecule has 24 heavy (non-hydrogen) atoms. The fourth-order valence-electron chi connectivity index (χ4n) is 3.90. The minimum absolute atomic E-state index is 0.0899. The fourth-order valence-corrected chi connectivity index (χ4v) is 3.90. The van der Waals surface area contributed by atoms with Crippen LogP contribution in [0.15, 0.2) is 36.4 Å². The molecule has 5 nitrogen and oxygen atoms in total. The van der Waals surface area contributed by atoms with E-state index < -0.39 is 18.0 Å². The maximum atomic E-state index is 12.2. The van der Waals surface area contributed by atoms with Gasteiger partial charge in [-0.3, -0.25) is 9.69 Å². The van der Waals surface area contributed by atoms with Crippen molar-refractivity contribution in [2.45, 2.75) is 37.5 Å². The lowest BCUT2D eigenvalue weighted by atomic mass is 9.87. The van der Waals surface area contributed by atoms with Crippen LogP contribution in [0.1, 0.15) is 24.8 Å².